The van der Waals surface area contributed by atoms with E-state index < -0.39 is 40.0 Å². The molecule has 1 aromatic carbocycles. The minimum absolute atomic E-state index is 0.216. The Labute approximate surface area is 134 Å². The fourth-order valence-corrected chi connectivity index (χ4v) is 2.67. The van der Waals surface area contributed by atoms with Crippen LogP contribution in [0, 0.1) is 17.5 Å². The van der Waals surface area contributed by atoms with Crippen LogP contribution in [0.25, 0.3) is 0 Å². The second-order valence-corrected chi connectivity index (χ2v) is 5.39. The summed E-state index contributed by atoms with van der Waals surface area (Å²) in [6.07, 6.45) is 1.02. The molecular weight excluding hydrogens is 340 g/mol. The van der Waals surface area contributed by atoms with Crippen molar-refractivity contribution in [3.8, 4) is 0 Å². The van der Waals surface area contributed by atoms with Gasteiger partial charge in [-0.15, -0.1) is 11.6 Å². The van der Waals surface area contributed by atoms with E-state index in [-0.39, 0.29) is 11.3 Å². The predicted octanol–water partition coefficient (Wildman–Crippen LogP) is 3.78. The highest BCUT2D eigenvalue weighted by Gasteiger charge is 2.40. The first-order valence-corrected chi connectivity index (χ1v) is 7.12. The molecule has 118 valence electrons. The van der Waals surface area contributed by atoms with Gasteiger partial charge in [0.2, 0.25) is 0 Å². The molecule has 0 aliphatic heterocycles. The van der Waals surface area contributed by atoms with E-state index in [0.29, 0.717) is 6.07 Å². The van der Waals surface area contributed by atoms with Gasteiger partial charge in [-0.25, -0.2) is 23.1 Å². The number of alkyl halides is 1. The van der Waals surface area contributed by atoms with Gasteiger partial charge < -0.3 is 5.11 Å². The first-order chi connectivity index (χ1) is 10.3. The van der Waals surface area contributed by atoms with Crippen molar-refractivity contribution in [1.82, 2.24) is 9.97 Å². The molecular formula is C14H11Cl2F3N2O. The minimum Gasteiger partial charge on any atom is -0.383 e. The van der Waals surface area contributed by atoms with Gasteiger partial charge in [-0.1, -0.05) is 24.6 Å². The van der Waals surface area contributed by atoms with Crippen LogP contribution in [-0.2, 0) is 5.60 Å². The zero-order valence-electron chi connectivity index (χ0n) is 11.3. The van der Waals surface area contributed by atoms with Gasteiger partial charge in [0, 0.05) is 17.5 Å². The van der Waals surface area contributed by atoms with Gasteiger partial charge in [-0.2, -0.15) is 0 Å². The minimum atomic E-state index is -2.00. The van der Waals surface area contributed by atoms with Crippen LogP contribution in [0.5, 0.6) is 0 Å². The lowest BCUT2D eigenvalue weighted by atomic mass is 9.81. The molecule has 0 aliphatic rings. The lowest BCUT2D eigenvalue weighted by molar-refractivity contribution is 0.0299. The first kappa shape index (κ1) is 17.0. The molecule has 8 heteroatoms. The molecule has 0 spiro atoms. The van der Waals surface area contributed by atoms with Crippen LogP contribution in [0.4, 0.5) is 13.2 Å². The maximum absolute atomic E-state index is 14.0. The molecule has 1 heterocycles. The summed E-state index contributed by atoms with van der Waals surface area (Å²) >= 11 is 11.4. The Morgan fingerprint density at radius 1 is 1.27 bits per heavy atom. The summed E-state index contributed by atoms with van der Waals surface area (Å²) in [5.41, 5.74) is -2.48. The van der Waals surface area contributed by atoms with Gasteiger partial charge in [0.25, 0.3) is 0 Å². The second-order valence-electron chi connectivity index (χ2n) is 4.77. The molecule has 0 saturated heterocycles. The van der Waals surface area contributed by atoms with Crippen molar-refractivity contribution < 1.29 is 18.3 Å². The topological polar surface area (TPSA) is 46.0 Å². The SMILES string of the molecule is C[C@@H](c1ncnc(Cl)c1F)[C@](O)(CCl)c1ccc(F)cc1F. The summed E-state index contributed by atoms with van der Waals surface area (Å²) in [4.78, 5) is 7.21. The van der Waals surface area contributed by atoms with Gasteiger partial charge in [-0.3, -0.25) is 0 Å². The third-order valence-electron chi connectivity index (χ3n) is 3.50. The van der Waals surface area contributed by atoms with E-state index in [2.05, 4.69) is 9.97 Å². The van der Waals surface area contributed by atoms with Crippen LogP contribution in [-0.4, -0.2) is 21.0 Å². The van der Waals surface area contributed by atoms with E-state index in [9.17, 15) is 18.3 Å². The monoisotopic (exact) mass is 350 g/mol. The molecule has 0 radical (unpaired) electrons. The third-order valence-corrected chi connectivity index (χ3v) is 4.17. The number of hydrogen-bond donors (Lipinski definition) is 1. The Hall–Kier alpha value is -1.37. The maximum Gasteiger partial charge on any atom is 0.182 e. The van der Waals surface area contributed by atoms with Gasteiger partial charge in [0.15, 0.2) is 11.0 Å². The smallest absolute Gasteiger partial charge is 0.182 e. The normalized spacial score (nSPS) is 15.4. The fourth-order valence-electron chi connectivity index (χ4n) is 2.15. The Morgan fingerprint density at radius 2 is 1.95 bits per heavy atom. The Bertz CT molecular complexity index is 702. The summed E-state index contributed by atoms with van der Waals surface area (Å²) in [6, 6.07) is 2.65. The highest BCUT2D eigenvalue weighted by molar-refractivity contribution is 6.29. The zero-order chi connectivity index (χ0) is 16.5. The molecule has 1 N–H and O–H groups in total. The average molecular weight is 351 g/mol. The molecule has 0 amide bonds. The molecule has 22 heavy (non-hydrogen) atoms. The quantitative estimate of drug-likeness (QED) is 0.674. The van der Waals surface area contributed by atoms with Crippen molar-refractivity contribution in [3.05, 3.63) is 58.4 Å². The number of hydrogen-bond acceptors (Lipinski definition) is 3. The van der Waals surface area contributed by atoms with Crippen molar-refractivity contribution in [2.45, 2.75) is 18.4 Å². The van der Waals surface area contributed by atoms with E-state index in [4.69, 9.17) is 23.2 Å². The van der Waals surface area contributed by atoms with Crippen LogP contribution in [0.3, 0.4) is 0 Å². The standard InChI is InChI=1S/C14H11Cl2F3N2O/c1-7(12-11(19)13(16)21-6-20-12)14(22,5-15)9-3-2-8(17)4-10(9)18/h2-4,6-7,22H,5H2,1H3/t7-,14+/m0/s1. The molecule has 0 unspecified atom stereocenters. The van der Waals surface area contributed by atoms with Crippen LogP contribution in [0.2, 0.25) is 5.15 Å². The largest absolute Gasteiger partial charge is 0.383 e. The predicted molar refractivity (Wildman–Crippen MR) is 76.4 cm³/mol. The molecule has 2 rings (SSSR count). The number of rotatable bonds is 4. The van der Waals surface area contributed by atoms with Crippen LogP contribution in [0.15, 0.2) is 24.5 Å². The Balaban J connectivity index is 2.56. The Morgan fingerprint density at radius 3 is 2.55 bits per heavy atom. The van der Waals surface area contributed by atoms with E-state index in [1.807, 2.05) is 0 Å². The van der Waals surface area contributed by atoms with Gasteiger partial charge >= 0.3 is 0 Å². The van der Waals surface area contributed by atoms with E-state index >= 15 is 0 Å². The number of nitrogens with zero attached hydrogens (tertiary/aromatic N) is 2. The van der Waals surface area contributed by atoms with Gasteiger partial charge in [0.05, 0.1) is 11.6 Å². The molecule has 3 nitrogen and oxygen atoms in total. The van der Waals surface area contributed by atoms with Crippen LogP contribution in [0.1, 0.15) is 24.1 Å². The van der Waals surface area contributed by atoms with Crippen LogP contribution >= 0.6 is 23.2 Å². The van der Waals surface area contributed by atoms with E-state index in [1.165, 1.54) is 6.92 Å². The van der Waals surface area contributed by atoms with Crippen molar-refractivity contribution in [2.24, 2.45) is 0 Å². The number of benzene rings is 1. The first-order valence-electron chi connectivity index (χ1n) is 6.21. The third kappa shape index (κ3) is 2.91. The van der Waals surface area contributed by atoms with Crippen molar-refractivity contribution in [2.75, 3.05) is 5.88 Å². The molecule has 0 aliphatic carbocycles. The van der Waals surface area contributed by atoms with E-state index in [1.54, 1.807) is 0 Å². The summed E-state index contributed by atoms with van der Waals surface area (Å²) in [5, 5.41) is 10.3. The van der Waals surface area contributed by atoms with Crippen molar-refractivity contribution >= 4 is 23.2 Å². The lowest BCUT2D eigenvalue weighted by Gasteiger charge is -2.32. The van der Waals surface area contributed by atoms with Crippen molar-refractivity contribution in [1.29, 1.82) is 0 Å². The number of aliphatic hydroxyl groups is 1. The maximum atomic E-state index is 14.0. The van der Waals surface area contributed by atoms with E-state index in [0.717, 1.165) is 18.5 Å². The molecule has 0 fully saturated rings. The highest BCUT2D eigenvalue weighted by atomic mass is 35.5. The average Bonchev–Trinajstić information content (AvgIpc) is 2.48. The molecule has 1 aromatic heterocycles. The molecule has 2 aromatic rings. The van der Waals surface area contributed by atoms with Crippen LogP contribution < -0.4 is 0 Å². The number of halogens is 5. The zero-order valence-corrected chi connectivity index (χ0v) is 12.8. The van der Waals surface area contributed by atoms with Gasteiger partial charge in [-0.05, 0) is 6.07 Å². The second kappa shape index (κ2) is 6.40. The van der Waals surface area contributed by atoms with Crippen molar-refractivity contribution in [3.63, 3.8) is 0 Å². The summed E-state index contributed by atoms with van der Waals surface area (Å²) < 4.78 is 41.0. The Kier molecular flexibility index (Phi) is 4.94. The molecule has 2 atom stereocenters. The number of aromatic nitrogens is 2. The summed E-state index contributed by atoms with van der Waals surface area (Å²) in [5.74, 6) is -4.23. The molecule has 0 saturated carbocycles. The van der Waals surface area contributed by atoms with Gasteiger partial charge in [0.1, 0.15) is 23.6 Å². The lowest BCUT2D eigenvalue weighted by Crippen LogP contribution is -2.36. The summed E-state index contributed by atoms with van der Waals surface area (Å²) in [7, 11) is 0. The highest BCUT2D eigenvalue weighted by Crippen LogP contribution is 2.39. The molecule has 0 bridgehead atoms. The summed E-state index contributed by atoms with van der Waals surface area (Å²) in [6.45, 7) is 1.41. The fraction of sp³-hybridized carbons (Fsp3) is 0.286.